The Balaban J connectivity index is 2.20. The van der Waals surface area contributed by atoms with E-state index in [0.29, 0.717) is 29.4 Å². The Kier molecular flexibility index (Phi) is 5.12. The summed E-state index contributed by atoms with van der Waals surface area (Å²) < 4.78 is 5.70. The fraction of sp³-hybridized carbons (Fsp3) is 0.562. The van der Waals surface area contributed by atoms with Crippen molar-refractivity contribution < 1.29 is 14.6 Å². The number of hydrogen-bond donors (Lipinski definition) is 1. The van der Waals surface area contributed by atoms with Crippen LogP contribution in [0.5, 0.6) is 5.75 Å². The highest BCUT2D eigenvalue weighted by Crippen LogP contribution is 2.28. The highest BCUT2D eigenvalue weighted by molar-refractivity contribution is 6.31. The van der Waals surface area contributed by atoms with Gasteiger partial charge in [0, 0.05) is 24.0 Å². The van der Waals surface area contributed by atoms with Crippen LogP contribution in [0.3, 0.4) is 0 Å². The Morgan fingerprint density at radius 3 is 2.71 bits per heavy atom. The largest absolute Gasteiger partial charge is 0.490 e. The van der Waals surface area contributed by atoms with Gasteiger partial charge in [-0.25, -0.2) is 0 Å². The third-order valence-corrected chi connectivity index (χ3v) is 3.96. The van der Waals surface area contributed by atoms with Gasteiger partial charge in [0.15, 0.2) is 0 Å². The third-order valence-electron chi connectivity index (χ3n) is 3.73. The molecular weight excluding hydrogens is 290 g/mol. The van der Waals surface area contributed by atoms with E-state index in [1.165, 1.54) is 0 Å². The summed E-state index contributed by atoms with van der Waals surface area (Å²) in [6.07, 6.45) is 0.416. The zero-order valence-electron chi connectivity index (χ0n) is 12.7. The summed E-state index contributed by atoms with van der Waals surface area (Å²) >= 11 is 6.02. The van der Waals surface area contributed by atoms with E-state index < -0.39 is 6.10 Å². The molecule has 2 unspecified atom stereocenters. The zero-order valence-corrected chi connectivity index (χ0v) is 13.4. The van der Waals surface area contributed by atoms with Crippen LogP contribution in [0.2, 0.25) is 5.02 Å². The lowest BCUT2D eigenvalue weighted by molar-refractivity contribution is 0.0756. The number of likely N-dealkylation sites (tertiary alicyclic amines) is 1. The van der Waals surface area contributed by atoms with Crippen LogP contribution in [0.15, 0.2) is 18.2 Å². The molecule has 2 rings (SSSR count). The van der Waals surface area contributed by atoms with Crippen LogP contribution in [0.1, 0.15) is 37.6 Å². The van der Waals surface area contributed by atoms with Gasteiger partial charge in [-0.3, -0.25) is 4.79 Å². The summed E-state index contributed by atoms with van der Waals surface area (Å²) in [5, 5.41) is 10.2. The molecule has 0 aliphatic carbocycles. The predicted octanol–water partition coefficient (Wildman–Crippen LogP) is 2.97. The van der Waals surface area contributed by atoms with E-state index in [1.54, 1.807) is 30.0 Å². The van der Waals surface area contributed by atoms with E-state index in [-0.39, 0.29) is 17.9 Å². The molecule has 1 fully saturated rings. The Hall–Kier alpha value is -1.26. The smallest absolute Gasteiger partial charge is 0.257 e. The number of benzene rings is 1. The predicted molar refractivity (Wildman–Crippen MR) is 82.9 cm³/mol. The van der Waals surface area contributed by atoms with Crippen LogP contribution < -0.4 is 4.74 Å². The molecule has 1 aliphatic rings. The molecule has 0 spiro atoms. The van der Waals surface area contributed by atoms with Crippen molar-refractivity contribution in [2.24, 2.45) is 5.92 Å². The molecule has 116 valence electrons. The molecule has 1 amide bonds. The van der Waals surface area contributed by atoms with Gasteiger partial charge in [0.2, 0.25) is 0 Å². The first-order valence-corrected chi connectivity index (χ1v) is 7.70. The fourth-order valence-electron chi connectivity index (χ4n) is 2.56. The van der Waals surface area contributed by atoms with Crippen LogP contribution in [-0.2, 0) is 0 Å². The molecule has 1 saturated heterocycles. The molecule has 5 heteroatoms. The Labute approximate surface area is 130 Å². The average molecular weight is 312 g/mol. The van der Waals surface area contributed by atoms with Gasteiger partial charge in [0.05, 0.1) is 17.8 Å². The summed E-state index contributed by atoms with van der Waals surface area (Å²) in [6, 6.07) is 5.10. The van der Waals surface area contributed by atoms with Crippen molar-refractivity contribution in [2.45, 2.75) is 39.4 Å². The van der Waals surface area contributed by atoms with Crippen LogP contribution in [-0.4, -0.2) is 41.2 Å². The second-order valence-electron chi connectivity index (χ2n) is 5.85. The van der Waals surface area contributed by atoms with E-state index in [0.717, 1.165) is 6.42 Å². The summed E-state index contributed by atoms with van der Waals surface area (Å²) in [5.74, 6) is 0.610. The van der Waals surface area contributed by atoms with Crippen molar-refractivity contribution in [3.05, 3.63) is 28.8 Å². The van der Waals surface area contributed by atoms with Gasteiger partial charge in [-0.15, -0.1) is 0 Å². The molecule has 0 radical (unpaired) electrons. The monoisotopic (exact) mass is 311 g/mol. The zero-order chi connectivity index (χ0) is 15.6. The number of carbonyl (C=O) groups excluding carboxylic acids is 1. The summed E-state index contributed by atoms with van der Waals surface area (Å²) in [7, 11) is 0. The highest BCUT2D eigenvalue weighted by Gasteiger charge is 2.31. The maximum Gasteiger partial charge on any atom is 0.257 e. The molecule has 0 saturated carbocycles. The van der Waals surface area contributed by atoms with E-state index >= 15 is 0 Å². The maximum absolute atomic E-state index is 12.7. The first kappa shape index (κ1) is 16.1. The Morgan fingerprint density at radius 1 is 1.43 bits per heavy atom. The van der Waals surface area contributed by atoms with Crippen LogP contribution in [0, 0.1) is 5.92 Å². The molecule has 1 aromatic carbocycles. The number of nitrogens with zero attached hydrogens (tertiary/aromatic N) is 1. The van der Waals surface area contributed by atoms with Gasteiger partial charge in [-0.05, 0) is 45.4 Å². The first-order chi connectivity index (χ1) is 9.88. The minimum absolute atomic E-state index is 0.0125. The molecule has 21 heavy (non-hydrogen) atoms. The third kappa shape index (κ3) is 3.89. The van der Waals surface area contributed by atoms with Crippen molar-refractivity contribution in [3.63, 3.8) is 0 Å². The van der Waals surface area contributed by atoms with Crippen LogP contribution >= 0.6 is 11.6 Å². The molecule has 1 N–H and O–H groups in total. The second kappa shape index (κ2) is 6.67. The minimum atomic E-state index is -0.395. The summed E-state index contributed by atoms with van der Waals surface area (Å²) in [5.41, 5.74) is 0.488. The SMILES string of the molecule is CC(C)Oc1ccc(Cl)cc1C(=O)N1CCC(C(C)O)C1. The van der Waals surface area contributed by atoms with Crippen LogP contribution in [0.25, 0.3) is 0 Å². The van der Waals surface area contributed by atoms with E-state index in [2.05, 4.69) is 0 Å². The molecule has 0 bridgehead atoms. The maximum atomic E-state index is 12.7. The van der Waals surface area contributed by atoms with Crippen LogP contribution in [0.4, 0.5) is 0 Å². The topological polar surface area (TPSA) is 49.8 Å². The lowest BCUT2D eigenvalue weighted by Gasteiger charge is -2.20. The standard InChI is InChI=1S/C16H22ClNO3/c1-10(2)21-15-5-4-13(17)8-14(15)16(20)18-7-6-12(9-18)11(3)19/h4-5,8,10-12,19H,6-7,9H2,1-3H3. The van der Waals surface area contributed by atoms with Crippen molar-refractivity contribution in [1.29, 1.82) is 0 Å². The van der Waals surface area contributed by atoms with Crippen molar-refractivity contribution >= 4 is 17.5 Å². The molecule has 1 aromatic rings. The van der Waals surface area contributed by atoms with Crippen molar-refractivity contribution in [1.82, 2.24) is 4.90 Å². The number of aliphatic hydroxyl groups excluding tert-OH is 1. The van der Waals surface area contributed by atoms with Gasteiger partial charge in [0.25, 0.3) is 5.91 Å². The van der Waals surface area contributed by atoms with Crippen molar-refractivity contribution in [2.75, 3.05) is 13.1 Å². The Morgan fingerprint density at radius 2 is 2.14 bits per heavy atom. The summed E-state index contributed by atoms with van der Waals surface area (Å²) in [4.78, 5) is 14.4. The summed E-state index contributed by atoms with van der Waals surface area (Å²) in [6.45, 7) is 6.84. The normalized spacial score (nSPS) is 19.9. The van der Waals surface area contributed by atoms with E-state index in [9.17, 15) is 9.90 Å². The second-order valence-corrected chi connectivity index (χ2v) is 6.28. The van der Waals surface area contributed by atoms with Gasteiger partial charge in [-0.1, -0.05) is 11.6 Å². The number of rotatable bonds is 4. The number of amides is 1. The van der Waals surface area contributed by atoms with Gasteiger partial charge in [-0.2, -0.15) is 0 Å². The quantitative estimate of drug-likeness (QED) is 0.930. The van der Waals surface area contributed by atoms with Gasteiger partial charge >= 0.3 is 0 Å². The number of carbonyl (C=O) groups is 1. The van der Waals surface area contributed by atoms with E-state index in [4.69, 9.17) is 16.3 Å². The Bertz CT molecular complexity index is 516. The highest BCUT2D eigenvalue weighted by atomic mass is 35.5. The molecule has 4 nitrogen and oxygen atoms in total. The van der Waals surface area contributed by atoms with Crippen molar-refractivity contribution in [3.8, 4) is 5.75 Å². The number of hydrogen-bond acceptors (Lipinski definition) is 3. The molecule has 2 atom stereocenters. The minimum Gasteiger partial charge on any atom is -0.490 e. The first-order valence-electron chi connectivity index (χ1n) is 7.32. The molecule has 1 heterocycles. The fourth-order valence-corrected chi connectivity index (χ4v) is 2.73. The number of ether oxygens (including phenoxy) is 1. The average Bonchev–Trinajstić information content (AvgIpc) is 2.89. The van der Waals surface area contributed by atoms with E-state index in [1.807, 2.05) is 13.8 Å². The molecule has 1 aliphatic heterocycles. The number of aliphatic hydroxyl groups is 1. The van der Waals surface area contributed by atoms with Gasteiger partial charge in [0.1, 0.15) is 5.75 Å². The lowest BCUT2D eigenvalue weighted by atomic mass is 10.0. The molecule has 0 aromatic heterocycles. The number of halogens is 1. The molecular formula is C16H22ClNO3. The van der Waals surface area contributed by atoms with Gasteiger partial charge < -0.3 is 14.7 Å². The lowest BCUT2D eigenvalue weighted by Crippen LogP contribution is -2.31.